The number of nitrogens with zero attached hydrogens (tertiary/aromatic N) is 5. The van der Waals surface area contributed by atoms with E-state index in [0.717, 1.165) is 11.1 Å². The van der Waals surface area contributed by atoms with Crippen molar-refractivity contribution in [3.8, 4) is 28.6 Å². The summed E-state index contributed by atoms with van der Waals surface area (Å²) in [6, 6.07) is 20.0. The van der Waals surface area contributed by atoms with E-state index in [1.807, 2.05) is 12.1 Å². The average molecular weight is 463 g/mol. The Morgan fingerprint density at radius 1 is 1.00 bits per heavy atom. The molecule has 170 valence electrons. The molecule has 0 atom stereocenters. The number of nitriles is 1. The molecule has 3 heterocycles. The first-order valence-electron chi connectivity index (χ1n) is 10.7. The monoisotopic (exact) mass is 463 g/mol. The number of benzene rings is 2. The van der Waals surface area contributed by atoms with Crippen molar-refractivity contribution in [2.75, 3.05) is 10.6 Å². The largest absolute Gasteiger partial charge is 0.324 e. The van der Waals surface area contributed by atoms with Crippen LogP contribution in [0.2, 0.25) is 0 Å². The maximum absolute atomic E-state index is 13.9. The van der Waals surface area contributed by atoms with Crippen LogP contribution in [0.1, 0.15) is 11.1 Å². The molecule has 5 rings (SSSR count). The number of hydrogen-bond donors (Lipinski definition) is 2. The van der Waals surface area contributed by atoms with Crippen LogP contribution in [-0.2, 0) is 0 Å². The van der Waals surface area contributed by atoms with Gasteiger partial charge in [-0.25, -0.2) is 23.7 Å². The number of rotatable bonds is 4. The molecule has 8 nitrogen and oxygen atoms in total. The number of carbonyl (C=O) groups excluding carboxylic acids is 1. The molecule has 0 radical (unpaired) electrons. The number of aromatic nitrogens is 4. The first-order chi connectivity index (χ1) is 17.0. The minimum atomic E-state index is -0.481. The van der Waals surface area contributed by atoms with E-state index < -0.39 is 6.03 Å². The van der Waals surface area contributed by atoms with Crippen LogP contribution < -0.4 is 10.6 Å². The lowest BCUT2D eigenvalue weighted by Gasteiger charge is -2.10. The highest BCUT2D eigenvalue weighted by Gasteiger charge is 2.18. The van der Waals surface area contributed by atoms with E-state index in [-0.39, 0.29) is 5.82 Å². The van der Waals surface area contributed by atoms with Crippen molar-refractivity contribution >= 4 is 23.2 Å². The number of anilines is 2. The molecule has 0 unspecified atom stereocenters. The summed E-state index contributed by atoms with van der Waals surface area (Å²) >= 11 is 0. The van der Waals surface area contributed by atoms with Crippen LogP contribution in [-0.4, -0.2) is 25.6 Å². The SMILES string of the molecule is Cc1cc(-c2nc3cccnn3c2-c2ccnc(NC(=O)Nc3ccc(C#N)cc3)c2)ccc1F. The number of carbonyl (C=O) groups is 1. The third kappa shape index (κ3) is 4.41. The van der Waals surface area contributed by atoms with Gasteiger partial charge in [-0.2, -0.15) is 10.4 Å². The van der Waals surface area contributed by atoms with Crippen LogP contribution in [0.4, 0.5) is 20.7 Å². The van der Waals surface area contributed by atoms with Crippen molar-refractivity contribution < 1.29 is 9.18 Å². The van der Waals surface area contributed by atoms with E-state index in [9.17, 15) is 9.18 Å². The number of hydrogen-bond acceptors (Lipinski definition) is 5. The van der Waals surface area contributed by atoms with Crippen molar-refractivity contribution in [3.05, 3.63) is 96.1 Å². The molecule has 35 heavy (non-hydrogen) atoms. The molecule has 0 saturated heterocycles. The Balaban J connectivity index is 1.49. The van der Waals surface area contributed by atoms with Crippen LogP contribution >= 0.6 is 0 Å². The number of halogens is 1. The maximum atomic E-state index is 13.9. The number of fused-ring (bicyclic) bond motifs is 1. The van der Waals surface area contributed by atoms with Gasteiger partial charge in [0.25, 0.3) is 0 Å². The molecule has 0 saturated carbocycles. The van der Waals surface area contributed by atoms with Gasteiger partial charge in [-0.15, -0.1) is 0 Å². The normalized spacial score (nSPS) is 10.7. The molecule has 2 amide bonds. The molecule has 0 aliphatic heterocycles. The second kappa shape index (κ2) is 9.03. The summed E-state index contributed by atoms with van der Waals surface area (Å²) < 4.78 is 15.6. The van der Waals surface area contributed by atoms with E-state index >= 15 is 0 Å². The van der Waals surface area contributed by atoms with Gasteiger partial charge in [0.05, 0.1) is 17.3 Å². The zero-order valence-corrected chi connectivity index (χ0v) is 18.5. The molecular weight excluding hydrogens is 445 g/mol. The third-order valence-corrected chi connectivity index (χ3v) is 5.37. The molecule has 0 fully saturated rings. The van der Waals surface area contributed by atoms with Crippen molar-refractivity contribution in [2.24, 2.45) is 0 Å². The minimum Gasteiger partial charge on any atom is -0.308 e. The van der Waals surface area contributed by atoms with E-state index in [2.05, 4.69) is 20.7 Å². The van der Waals surface area contributed by atoms with Gasteiger partial charge in [-0.1, -0.05) is 0 Å². The van der Waals surface area contributed by atoms with Crippen LogP contribution in [0, 0.1) is 24.1 Å². The molecule has 2 aromatic carbocycles. The van der Waals surface area contributed by atoms with E-state index in [1.165, 1.54) is 6.07 Å². The molecule has 0 bridgehead atoms. The Labute approximate surface area is 199 Å². The van der Waals surface area contributed by atoms with Crippen molar-refractivity contribution in [1.29, 1.82) is 5.26 Å². The van der Waals surface area contributed by atoms with Gasteiger partial charge in [0.1, 0.15) is 17.3 Å². The first-order valence-corrected chi connectivity index (χ1v) is 10.7. The smallest absolute Gasteiger partial charge is 0.308 e. The van der Waals surface area contributed by atoms with Crippen LogP contribution in [0.3, 0.4) is 0 Å². The molecular formula is C26H18FN7O. The number of aryl methyl sites for hydroxylation is 1. The van der Waals surface area contributed by atoms with Crippen LogP contribution in [0.5, 0.6) is 0 Å². The highest BCUT2D eigenvalue weighted by atomic mass is 19.1. The molecule has 2 N–H and O–H groups in total. The number of nitrogens with one attached hydrogen (secondary N) is 2. The van der Waals surface area contributed by atoms with Gasteiger partial charge in [0.15, 0.2) is 5.65 Å². The highest BCUT2D eigenvalue weighted by Crippen LogP contribution is 2.33. The zero-order chi connectivity index (χ0) is 24.4. The number of amides is 2. The molecule has 0 aliphatic carbocycles. The standard InChI is InChI=1S/C26H18FN7O/c1-16-13-18(6-9-21(16)27)24-25(34-23(33-24)3-2-11-30-34)19-10-12-29-22(14-19)32-26(35)31-20-7-4-17(15-28)5-8-20/h2-14H,1H3,(H2,29,31,32,35). The fourth-order valence-corrected chi connectivity index (χ4v) is 3.69. The second-order valence-electron chi connectivity index (χ2n) is 7.76. The van der Waals surface area contributed by atoms with Gasteiger partial charge in [0.2, 0.25) is 0 Å². The van der Waals surface area contributed by atoms with E-state index in [1.54, 1.807) is 78.4 Å². The van der Waals surface area contributed by atoms with Crippen LogP contribution in [0.25, 0.3) is 28.2 Å². The molecule has 9 heteroatoms. The molecule has 3 aromatic heterocycles. The zero-order valence-electron chi connectivity index (χ0n) is 18.5. The Kier molecular flexibility index (Phi) is 5.61. The first kappa shape index (κ1) is 21.7. The summed E-state index contributed by atoms with van der Waals surface area (Å²) in [5.74, 6) is 0.0293. The van der Waals surface area contributed by atoms with Gasteiger partial charge in [-0.05, 0) is 79.2 Å². The summed E-state index contributed by atoms with van der Waals surface area (Å²) in [6.07, 6.45) is 3.23. The van der Waals surface area contributed by atoms with E-state index in [4.69, 9.17) is 10.2 Å². The molecule has 5 aromatic rings. The Morgan fingerprint density at radius 2 is 1.83 bits per heavy atom. The highest BCUT2D eigenvalue weighted by molar-refractivity contribution is 5.99. The summed E-state index contributed by atoms with van der Waals surface area (Å²) in [4.78, 5) is 21.5. The predicted molar refractivity (Wildman–Crippen MR) is 130 cm³/mol. The minimum absolute atomic E-state index is 0.291. The summed E-state index contributed by atoms with van der Waals surface area (Å²) in [5.41, 5.74) is 4.96. The van der Waals surface area contributed by atoms with Gasteiger partial charge in [-0.3, -0.25) is 5.32 Å². The van der Waals surface area contributed by atoms with Gasteiger partial charge in [0, 0.05) is 29.2 Å². The van der Waals surface area contributed by atoms with Gasteiger partial charge >= 0.3 is 6.03 Å². The predicted octanol–water partition coefficient (Wildman–Crippen LogP) is 5.42. The number of pyridine rings is 1. The Morgan fingerprint density at radius 3 is 2.60 bits per heavy atom. The van der Waals surface area contributed by atoms with Gasteiger partial charge < -0.3 is 5.32 Å². The van der Waals surface area contributed by atoms with Crippen LogP contribution in [0.15, 0.2) is 79.1 Å². The third-order valence-electron chi connectivity index (χ3n) is 5.37. The fraction of sp³-hybridized carbons (Fsp3) is 0.0385. The molecule has 0 aliphatic rings. The van der Waals surface area contributed by atoms with Crippen molar-refractivity contribution in [1.82, 2.24) is 19.6 Å². The summed E-state index contributed by atoms with van der Waals surface area (Å²) in [6.45, 7) is 1.70. The Hall–Kier alpha value is -5.10. The van der Waals surface area contributed by atoms with Crippen molar-refractivity contribution in [2.45, 2.75) is 6.92 Å². The maximum Gasteiger partial charge on any atom is 0.324 e. The number of urea groups is 1. The van der Waals surface area contributed by atoms with E-state index in [0.29, 0.717) is 39.7 Å². The summed E-state index contributed by atoms with van der Waals surface area (Å²) in [5, 5.41) is 18.8. The lowest BCUT2D eigenvalue weighted by atomic mass is 10.0. The second-order valence-corrected chi connectivity index (χ2v) is 7.76. The Bertz CT molecular complexity index is 1600. The lowest BCUT2D eigenvalue weighted by Crippen LogP contribution is -2.20. The fourth-order valence-electron chi connectivity index (χ4n) is 3.69. The number of imidazole rings is 1. The average Bonchev–Trinajstić information content (AvgIpc) is 3.26. The summed E-state index contributed by atoms with van der Waals surface area (Å²) in [7, 11) is 0. The lowest BCUT2D eigenvalue weighted by molar-refractivity contribution is 0.262. The topological polar surface area (TPSA) is 108 Å². The quantitative estimate of drug-likeness (QED) is 0.370. The van der Waals surface area contributed by atoms with Crippen molar-refractivity contribution in [3.63, 3.8) is 0 Å². The molecule has 0 spiro atoms.